The standard InChI is InChI=1S/C17H28F2O4/c1-6-22-13(20)16(14(21)23-7-2)15(4,5)11-9-8-10-12(3)17(16,18)19/h12H,6-11H2,1-5H3. The molecule has 0 aromatic carbocycles. The Morgan fingerprint density at radius 2 is 1.52 bits per heavy atom. The lowest BCUT2D eigenvalue weighted by atomic mass is 9.56. The van der Waals surface area contributed by atoms with Gasteiger partial charge >= 0.3 is 11.9 Å². The molecule has 0 aliphatic heterocycles. The van der Waals surface area contributed by atoms with Crippen LogP contribution in [-0.2, 0) is 19.1 Å². The number of esters is 2. The van der Waals surface area contributed by atoms with Crippen LogP contribution in [0.25, 0.3) is 0 Å². The fourth-order valence-corrected chi connectivity index (χ4v) is 3.59. The van der Waals surface area contributed by atoms with E-state index in [1.807, 2.05) is 0 Å². The minimum atomic E-state index is -3.55. The topological polar surface area (TPSA) is 52.6 Å². The number of hydrogen-bond donors (Lipinski definition) is 0. The van der Waals surface area contributed by atoms with Crippen LogP contribution in [0.15, 0.2) is 0 Å². The lowest BCUT2D eigenvalue weighted by Crippen LogP contribution is -2.65. The van der Waals surface area contributed by atoms with Crippen molar-refractivity contribution < 1.29 is 27.8 Å². The van der Waals surface area contributed by atoms with Gasteiger partial charge in [0, 0.05) is 5.92 Å². The third-order valence-electron chi connectivity index (χ3n) is 4.99. The van der Waals surface area contributed by atoms with Crippen molar-refractivity contribution in [2.75, 3.05) is 13.2 Å². The van der Waals surface area contributed by atoms with Crippen LogP contribution in [0.1, 0.15) is 60.3 Å². The average Bonchev–Trinajstić information content (AvgIpc) is 2.43. The van der Waals surface area contributed by atoms with E-state index in [1.165, 1.54) is 34.6 Å². The number of carbonyl (C=O) groups is 2. The Morgan fingerprint density at radius 1 is 1.04 bits per heavy atom. The van der Waals surface area contributed by atoms with Crippen LogP contribution in [0.2, 0.25) is 0 Å². The molecule has 0 saturated heterocycles. The predicted octanol–water partition coefficient (Wildman–Crippen LogP) is 3.97. The SMILES string of the molecule is CCOC(=O)C1(C(=O)OCC)C(C)(C)CCCCC(C)C1(F)F. The van der Waals surface area contributed by atoms with Gasteiger partial charge in [-0.3, -0.25) is 9.59 Å². The zero-order valence-corrected chi connectivity index (χ0v) is 14.7. The largest absolute Gasteiger partial charge is 0.465 e. The van der Waals surface area contributed by atoms with E-state index in [1.54, 1.807) is 0 Å². The predicted molar refractivity (Wildman–Crippen MR) is 82.1 cm³/mol. The summed E-state index contributed by atoms with van der Waals surface area (Å²) in [7, 11) is 0. The molecule has 1 aliphatic carbocycles. The molecule has 1 aliphatic rings. The lowest BCUT2D eigenvalue weighted by Gasteiger charge is -2.49. The van der Waals surface area contributed by atoms with E-state index >= 15 is 8.78 Å². The molecule has 4 nitrogen and oxygen atoms in total. The molecule has 0 amide bonds. The summed E-state index contributed by atoms with van der Waals surface area (Å²) in [4.78, 5) is 25.4. The Labute approximate surface area is 136 Å². The third-order valence-corrected chi connectivity index (χ3v) is 4.99. The highest BCUT2D eigenvalue weighted by Gasteiger charge is 2.74. The van der Waals surface area contributed by atoms with Gasteiger partial charge in [0.2, 0.25) is 5.41 Å². The molecule has 0 bridgehead atoms. The zero-order chi connectivity index (χ0) is 17.9. The Bertz CT molecular complexity index is 428. The van der Waals surface area contributed by atoms with E-state index in [4.69, 9.17) is 9.47 Å². The maximum absolute atomic E-state index is 15.4. The quantitative estimate of drug-likeness (QED) is 0.576. The number of rotatable bonds is 4. The molecule has 1 rings (SSSR count). The number of ether oxygens (including phenoxy) is 2. The van der Waals surface area contributed by atoms with E-state index < -0.39 is 34.6 Å². The zero-order valence-electron chi connectivity index (χ0n) is 14.7. The van der Waals surface area contributed by atoms with Gasteiger partial charge < -0.3 is 9.47 Å². The number of alkyl halides is 2. The van der Waals surface area contributed by atoms with Crippen molar-refractivity contribution in [1.29, 1.82) is 0 Å². The molecule has 0 aromatic heterocycles. The molecule has 0 radical (unpaired) electrons. The molecular weight excluding hydrogens is 306 g/mol. The van der Waals surface area contributed by atoms with Crippen LogP contribution in [0, 0.1) is 16.7 Å². The Kier molecular flexibility index (Phi) is 6.16. The van der Waals surface area contributed by atoms with Crippen molar-refractivity contribution in [3.8, 4) is 0 Å². The summed E-state index contributed by atoms with van der Waals surface area (Å²) in [6.07, 6.45) is 1.90. The van der Waals surface area contributed by atoms with Crippen molar-refractivity contribution in [2.45, 2.75) is 66.2 Å². The first kappa shape index (κ1) is 19.8. The molecular formula is C17H28F2O4. The Hall–Kier alpha value is -1.20. The van der Waals surface area contributed by atoms with Gasteiger partial charge in [0.05, 0.1) is 13.2 Å². The van der Waals surface area contributed by atoms with Crippen LogP contribution in [0.5, 0.6) is 0 Å². The highest BCUT2D eigenvalue weighted by Crippen LogP contribution is 2.58. The molecule has 0 aromatic rings. The number of halogens is 2. The minimum Gasteiger partial charge on any atom is -0.465 e. The number of carbonyl (C=O) groups excluding carboxylic acids is 2. The van der Waals surface area contributed by atoms with E-state index in [9.17, 15) is 9.59 Å². The van der Waals surface area contributed by atoms with Crippen LogP contribution < -0.4 is 0 Å². The van der Waals surface area contributed by atoms with E-state index in [-0.39, 0.29) is 19.6 Å². The molecule has 1 saturated carbocycles. The minimum absolute atomic E-state index is 0.0689. The first-order chi connectivity index (χ1) is 10.6. The molecule has 1 fully saturated rings. The van der Waals surface area contributed by atoms with Crippen LogP contribution in [-0.4, -0.2) is 31.1 Å². The van der Waals surface area contributed by atoms with Crippen LogP contribution >= 0.6 is 0 Å². The van der Waals surface area contributed by atoms with E-state index in [0.29, 0.717) is 19.3 Å². The van der Waals surface area contributed by atoms with Crippen LogP contribution in [0.3, 0.4) is 0 Å². The van der Waals surface area contributed by atoms with Crippen molar-refractivity contribution in [3.63, 3.8) is 0 Å². The molecule has 6 heteroatoms. The van der Waals surface area contributed by atoms with Crippen LogP contribution in [0.4, 0.5) is 8.78 Å². The summed E-state index contributed by atoms with van der Waals surface area (Å²) in [6.45, 7) is 7.39. The van der Waals surface area contributed by atoms with Crippen molar-refractivity contribution >= 4 is 11.9 Å². The fourth-order valence-electron chi connectivity index (χ4n) is 3.59. The van der Waals surface area contributed by atoms with Gasteiger partial charge in [-0.05, 0) is 32.1 Å². The summed E-state index contributed by atoms with van der Waals surface area (Å²) >= 11 is 0. The molecule has 1 unspecified atom stereocenters. The molecule has 0 heterocycles. The second-order valence-electron chi connectivity index (χ2n) is 6.84. The van der Waals surface area contributed by atoms with Crippen molar-refractivity contribution in [1.82, 2.24) is 0 Å². The summed E-state index contributed by atoms with van der Waals surface area (Å²) < 4.78 is 40.7. The lowest BCUT2D eigenvalue weighted by molar-refractivity contribution is -0.238. The Balaban J connectivity index is 3.64. The molecule has 134 valence electrons. The highest BCUT2D eigenvalue weighted by atomic mass is 19.3. The second kappa shape index (κ2) is 7.14. The highest BCUT2D eigenvalue weighted by molar-refractivity contribution is 6.02. The first-order valence-corrected chi connectivity index (χ1v) is 8.31. The van der Waals surface area contributed by atoms with Crippen molar-refractivity contribution in [2.24, 2.45) is 16.7 Å². The maximum Gasteiger partial charge on any atom is 0.330 e. The molecule has 23 heavy (non-hydrogen) atoms. The van der Waals surface area contributed by atoms with Gasteiger partial charge in [-0.1, -0.05) is 33.6 Å². The molecule has 1 atom stereocenters. The molecule has 0 spiro atoms. The summed E-state index contributed by atoms with van der Waals surface area (Å²) in [5.41, 5.74) is -3.89. The average molecular weight is 334 g/mol. The molecule has 0 N–H and O–H groups in total. The van der Waals surface area contributed by atoms with E-state index in [2.05, 4.69) is 0 Å². The summed E-state index contributed by atoms with van der Waals surface area (Å²) in [5, 5.41) is 0. The van der Waals surface area contributed by atoms with Gasteiger partial charge in [-0.15, -0.1) is 0 Å². The fraction of sp³-hybridized carbons (Fsp3) is 0.882. The van der Waals surface area contributed by atoms with E-state index in [0.717, 1.165) is 0 Å². The van der Waals surface area contributed by atoms with Gasteiger partial charge in [0.1, 0.15) is 0 Å². The van der Waals surface area contributed by atoms with Gasteiger partial charge in [0.25, 0.3) is 5.92 Å². The first-order valence-electron chi connectivity index (χ1n) is 8.31. The van der Waals surface area contributed by atoms with Gasteiger partial charge in [0.15, 0.2) is 0 Å². The maximum atomic E-state index is 15.4. The third kappa shape index (κ3) is 3.09. The van der Waals surface area contributed by atoms with Gasteiger partial charge in [-0.2, -0.15) is 0 Å². The summed E-state index contributed by atoms with van der Waals surface area (Å²) in [5.74, 6) is -7.02. The number of hydrogen-bond acceptors (Lipinski definition) is 4. The normalized spacial score (nSPS) is 25.8. The monoisotopic (exact) mass is 334 g/mol. The summed E-state index contributed by atoms with van der Waals surface area (Å²) in [6, 6.07) is 0. The Morgan fingerprint density at radius 3 is 1.96 bits per heavy atom. The second-order valence-corrected chi connectivity index (χ2v) is 6.84. The van der Waals surface area contributed by atoms with Gasteiger partial charge in [-0.25, -0.2) is 8.78 Å². The smallest absolute Gasteiger partial charge is 0.330 e. The van der Waals surface area contributed by atoms with Crippen molar-refractivity contribution in [3.05, 3.63) is 0 Å².